The number of carbonyl (C=O) groups excluding carboxylic acids is 1. The standard InChI is InChI=1S/C9H8ClF2NO/c10-4-3-9(14)13-8-2-1-6(11)5-7(8)12/h1-2,5H,3-4H2,(H,13,14). The number of hydrogen-bond donors (Lipinski definition) is 1. The van der Waals surface area contributed by atoms with Gasteiger partial charge in [0.15, 0.2) is 0 Å². The van der Waals surface area contributed by atoms with Crippen LogP contribution in [0.1, 0.15) is 6.42 Å². The van der Waals surface area contributed by atoms with Crippen molar-refractivity contribution in [3.63, 3.8) is 0 Å². The minimum atomic E-state index is -0.798. The van der Waals surface area contributed by atoms with E-state index in [1.54, 1.807) is 0 Å². The van der Waals surface area contributed by atoms with Crippen LogP contribution < -0.4 is 5.32 Å². The van der Waals surface area contributed by atoms with Crippen LogP contribution in [0.25, 0.3) is 0 Å². The highest BCUT2D eigenvalue weighted by molar-refractivity contribution is 6.19. The summed E-state index contributed by atoms with van der Waals surface area (Å²) in [5.41, 5.74) is -0.0403. The van der Waals surface area contributed by atoms with Gasteiger partial charge in [0.1, 0.15) is 11.6 Å². The summed E-state index contributed by atoms with van der Waals surface area (Å²) in [4.78, 5) is 11.0. The number of carbonyl (C=O) groups is 1. The van der Waals surface area contributed by atoms with Crippen LogP contribution in [-0.4, -0.2) is 11.8 Å². The van der Waals surface area contributed by atoms with Gasteiger partial charge in [-0.3, -0.25) is 4.79 Å². The van der Waals surface area contributed by atoms with Gasteiger partial charge in [-0.25, -0.2) is 8.78 Å². The van der Waals surface area contributed by atoms with E-state index in [4.69, 9.17) is 11.6 Å². The quantitative estimate of drug-likeness (QED) is 0.778. The Labute approximate surface area is 84.9 Å². The lowest BCUT2D eigenvalue weighted by Crippen LogP contribution is -2.12. The number of amides is 1. The minimum absolute atomic E-state index is 0.0403. The molecule has 0 aliphatic carbocycles. The van der Waals surface area contributed by atoms with Crippen molar-refractivity contribution in [2.24, 2.45) is 0 Å². The van der Waals surface area contributed by atoms with Crippen molar-refractivity contribution in [2.75, 3.05) is 11.2 Å². The van der Waals surface area contributed by atoms with Crippen molar-refractivity contribution in [1.82, 2.24) is 0 Å². The van der Waals surface area contributed by atoms with Gasteiger partial charge in [-0.05, 0) is 12.1 Å². The molecular weight excluding hydrogens is 212 g/mol. The molecule has 1 rings (SSSR count). The van der Waals surface area contributed by atoms with Crippen molar-refractivity contribution >= 4 is 23.2 Å². The fourth-order valence-electron chi connectivity index (χ4n) is 0.889. The Kier molecular flexibility index (Phi) is 3.83. The zero-order valence-corrected chi connectivity index (χ0v) is 7.94. The number of anilines is 1. The van der Waals surface area contributed by atoms with E-state index < -0.39 is 17.5 Å². The van der Waals surface area contributed by atoms with E-state index >= 15 is 0 Å². The first kappa shape index (κ1) is 10.9. The molecule has 14 heavy (non-hydrogen) atoms. The summed E-state index contributed by atoms with van der Waals surface area (Å²) in [6.45, 7) is 0. The molecule has 76 valence electrons. The molecule has 1 aromatic rings. The van der Waals surface area contributed by atoms with Crippen LogP contribution in [-0.2, 0) is 4.79 Å². The van der Waals surface area contributed by atoms with Crippen molar-refractivity contribution in [1.29, 1.82) is 0 Å². The second-order valence-corrected chi connectivity index (χ2v) is 2.99. The molecule has 2 nitrogen and oxygen atoms in total. The Bertz CT molecular complexity index is 344. The first-order valence-corrected chi connectivity index (χ1v) is 4.48. The Morgan fingerprint density at radius 2 is 2.14 bits per heavy atom. The molecule has 0 radical (unpaired) electrons. The molecule has 0 heterocycles. The second kappa shape index (κ2) is 4.91. The summed E-state index contributed by atoms with van der Waals surface area (Å²) in [5.74, 6) is -1.72. The third kappa shape index (κ3) is 2.96. The van der Waals surface area contributed by atoms with E-state index in [0.29, 0.717) is 6.07 Å². The van der Waals surface area contributed by atoms with E-state index in [2.05, 4.69) is 5.32 Å². The van der Waals surface area contributed by atoms with E-state index in [9.17, 15) is 13.6 Å². The third-order valence-electron chi connectivity index (χ3n) is 1.53. The van der Waals surface area contributed by atoms with Crippen molar-refractivity contribution in [3.8, 4) is 0 Å². The lowest BCUT2D eigenvalue weighted by molar-refractivity contribution is -0.115. The molecule has 0 unspecified atom stereocenters. The van der Waals surface area contributed by atoms with Gasteiger partial charge in [0.2, 0.25) is 5.91 Å². The first-order valence-electron chi connectivity index (χ1n) is 3.94. The largest absolute Gasteiger partial charge is 0.324 e. The van der Waals surface area contributed by atoms with Crippen molar-refractivity contribution < 1.29 is 13.6 Å². The molecule has 1 aromatic carbocycles. The number of rotatable bonds is 3. The van der Waals surface area contributed by atoms with Crippen LogP contribution in [0, 0.1) is 11.6 Å². The van der Waals surface area contributed by atoms with Crippen LogP contribution in [0.4, 0.5) is 14.5 Å². The Morgan fingerprint density at radius 1 is 1.43 bits per heavy atom. The van der Waals surface area contributed by atoms with Gasteiger partial charge in [0.05, 0.1) is 5.69 Å². The smallest absolute Gasteiger partial charge is 0.225 e. The van der Waals surface area contributed by atoms with Gasteiger partial charge in [-0.1, -0.05) is 0 Å². The topological polar surface area (TPSA) is 29.1 Å². The zero-order chi connectivity index (χ0) is 10.6. The number of hydrogen-bond acceptors (Lipinski definition) is 1. The van der Waals surface area contributed by atoms with Crippen molar-refractivity contribution in [3.05, 3.63) is 29.8 Å². The summed E-state index contributed by atoms with van der Waals surface area (Å²) < 4.78 is 25.4. The Balaban J connectivity index is 2.72. The van der Waals surface area contributed by atoms with Gasteiger partial charge in [-0.2, -0.15) is 0 Å². The molecule has 0 saturated heterocycles. The van der Waals surface area contributed by atoms with E-state index in [0.717, 1.165) is 12.1 Å². The molecule has 0 saturated carbocycles. The molecule has 1 amide bonds. The molecule has 5 heteroatoms. The highest BCUT2D eigenvalue weighted by atomic mass is 35.5. The summed E-state index contributed by atoms with van der Waals surface area (Å²) in [6, 6.07) is 2.94. The van der Waals surface area contributed by atoms with Crippen LogP contribution >= 0.6 is 11.6 Å². The third-order valence-corrected chi connectivity index (χ3v) is 1.72. The SMILES string of the molecule is O=C(CCCl)Nc1ccc(F)cc1F. The number of nitrogens with one attached hydrogen (secondary N) is 1. The average molecular weight is 220 g/mol. The molecule has 1 N–H and O–H groups in total. The summed E-state index contributed by atoms with van der Waals surface area (Å²) >= 11 is 5.31. The summed E-state index contributed by atoms with van der Waals surface area (Å²) in [7, 11) is 0. The highest BCUT2D eigenvalue weighted by Gasteiger charge is 2.06. The molecule has 0 spiro atoms. The number of benzene rings is 1. The van der Waals surface area contributed by atoms with Gasteiger partial charge in [-0.15, -0.1) is 11.6 Å². The van der Waals surface area contributed by atoms with Crippen LogP contribution in [0.3, 0.4) is 0 Å². The predicted molar refractivity (Wildman–Crippen MR) is 50.3 cm³/mol. The average Bonchev–Trinajstić information content (AvgIpc) is 2.10. The fraction of sp³-hybridized carbons (Fsp3) is 0.222. The summed E-state index contributed by atoms with van der Waals surface area (Å²) in [6.07, 6.45) is 0.0956. The first-order chi connectivity index (χ1) is 6.63. The zero-order valence-electron chi connectivity index (χ0n) is 7.19. The summed E-state index contributed by atoms with van der Waals surface area (Å²) in [5, 5.41) is 2.27. The maximum absolute atomic E-state index is 13.0. The minimum Gasteiger partial charge on any atom is -0.324 e. The maximum atomic E-state index is 13.0. The van der Waals surface area contributed by atoms with Crippen LogP contribution in [0.5, 0.6) is 0 Å². The fourth-order valence-corrected chi connectivity index (χ4v) is 1.06. The van der Waals surface area contributed by atoms with E-state index in [1.165, 1.54) is 0 Å². The second-order valence-electron chi connectivity index (χ2n) is 2.61. The molecule has 0 aliphatic heterocycles. The molecule has 0 aliphatic rings. The van der Waals surface area contributed by atoms with Gasteiger partial charge >= 0.3 is 0 Å². The molecular formula is C9H8ClF2NO. The molecule has 0 aromatic heterocycles. The van der Waals surface area contributed by atoms with Gasteiger partial charge < -0.3 is 5.32 Å². The van der Waals surface area contributed by atoms with E-state index in [-0.39, 0.29) is 18.0 Å². The maximum Gasteiger partial charge on any atom is 0.225 e. The molecule has 0 fully saturated rings. The van der Waals surface area contributed by atoms with Gasteiger partial charge in [0.25, 0.3) is 0 Å². The molecule has 0 atom stereocenters. The predicted octanol–water partition coefficient (Wildman–Crippen LogP) is 2.53. The van der Waals surface area contributed by atoms with E-state index in [1.807, 2.05) is 0 Å². The normalized spacial score (nSPS) is 9.93. The Morgan fingerprint density at radius 3 is 2.71 bits per heavy atom. The number of alkyl halides is 1. The lowest BCUT2D eigenvalue weighted by Gasteiger charge is -2.04. The Hall–Kier alpha value is -1.16. The monoisotopic (exact) mass is 219 g/mol. The lowest BCUT2D eigenvalue weighted by atomic mass is 10.3. The van der Waals surface area contributed by atoms with Gasteiger partial charge in [0, 0.05) is 18.4 Å². The van der Waals surface area contributed by atoms with Crippen molar-refractivity contribution in [2.45, 2.75) is 6.42 Å². The van der Waals surface area contributed by atoms with Crippen LogP contribution in [0.2, 0.25) is 0 Å². The number of halogens is 3. The van der Waals surface area contributed by atoms with Crippen LogP contribution in [0.15, 0.2) is 18.2 Å². The molecule has 0 bridgehead atoms. The highest BCUT2D eigenvalue weighted by Crippen LogP contribution is 2.14.